The average molecular weight is 470 g/mol. The van der Waals surface area contributed by atoms with Crippen molar-refractivity contribution in [3.05, 3.63) is 47.0 Å². The first-order valence-corrected chi connectivity index (χ1v) is 11.3. The molecular formula is C21H19N5O4S2. The van der Waals surface area contributed by atoms with Crippen LogP contribution in [0.25, 0.3) is 22.2 Å². The molecule has 0 bridgehead atoms. The fourth-order valence-electron chi connectivity index (χ4n) is 3.10. The van der Waals surface area contributed by atoms with E-state index in [2.05, 4.69) is 20.5 Å². The first kappa shape index (κ1) is 21.8. The highest BCUT2D eigenvalue weighted by Crippen LogP contribution is 2.33. The number of methoxy groups -OCH3 is 1. The average Bonchev–Trinajstić information content (AvgIpc) is 3.33. The van der Waals surface area contributed by atoms with Crippen LogP contribution in [0.15, 0.2) is 41.6 Å². The second-order valence-electron chi connectivity index (χ2n) is 6.84. The third-order valence-corrected chi connectivity index (χ3v) is 6.76. The van der Waals surface area contributed by atoms with E-state index in [1.165, 1.54) is 18.9 Å². The molecule has 0 aliphatic rings. The molecule has 2 aromatic carbocycles. The predicted molar refractivity (Wildman–Crippen MR) is 123 cm³/mol. The molecule has 0 radical (unpaired) electrons. The molecule has 11 heteroatoms. The van der Waals surface area contributed by atoms with Crippen molar-refractivity contribution in [2.75, 3.05) is 18.2 Å². The number of rotatable bonds is 6. The molecule has 0 fully saturated rings. The van der Waals surface area contributed by atoms with Crippen LogP contribution in [-0.2, 0) is 16.6 Å². The second kappa shape index (κ2) is 8.97. The lowest BCUT2D eigenvalue weighted by Gasteiger charge is -2.07. The highest BCUT2D eigenvalue weighted by Gasteiger charge is 2.19. The quantitative estimate of drug-likeness (QED) is 0.325. The van der Waals surface area contributed by atoms with Crippen molar-refractivity contribution in [3.63, 3.8) is 0 Å². The zero-order chi connectivity index (χ0) is 22.8. The number of phenolic OH excluding ortho intramolecular Hbond substituents is 1. The number of aromatic hydroxyl groups is 1. The fraction of sp³-hybridized carbons (Fsp3) is 0.190. The zero-order valence-electron chi connectivity index (χ0n) is 17.4. The maximum Gasteiger partial charge on any atom is 0.350 e. The number of thiazole rings is 1. The number of carbonyl (C=O) groups is 2. The first-order valence-electron chi connectivity index (χ1n) is 9.47. The summed E-state index contributed by atoms with van der Waals surface area (Å²) in [6.07, 6.45) is 0. The summed E-state index contributed by atoms with van der Waals surface area (Å²) in [5.41, 5.74) is 1.06. The topological polar surface area (TPSA) is 119 Å². The molecular weight excluding hydrogens is 450 g/mol. The van der Waals surface area contributed by atoms with Gasteiger partial charge in [0.15, 0.2) is 16.1 Å². The smallest absolute Gasteiger partial charge is 0.350 e. The minimum atomic E-state index is -0.488. The van der Waals surface area contributed by atoms with Crippen LogP contribution in [-0.4, -0.2) is 49.6 Å². The molecule has 0 aliphatic heterocycles. The summed E-state index contributed by atoms with van der Waals surface area (Å²) in [7, 11) is 3.07. The molecule has 0 unspecified atom stereocenters. The van der Waals surface area contributed by atoms with Crippen molar-refractivity contribution in [1.82, 2.24) is 19.7 Å². The van der Waals surface area contributed by atoms with Gasteiger partial charge in [0.25, 0.3) is 0 Å². The Kier molecular flexibility index (Phi) is 6.10. The van der Waals surface area contributed by atoms with Gasteiger partial charge in [-0.2, -0.15) is 0 Å². The van der Waals surface area contributed by atoms with Crippen LogP contribution >= 0.6 is 23.1 Å². The molecule has 0 atom stereocenters. The number of fused-ring (bicyclic) bond motifs is 1. The van der Waals surface area contributed by atoms with Crippen molar-refractivity contribution in [1.29, 1.82) is 0 Å². The molecule has 4 aromatic rings. The van der Waals surface area contributed by atoms with E-state index in [0.29, 0.717) is 32.2 Å². The summed E-state index contributed by atoms with van der Waals surface area (Å²) in [5, 5.41) is 24.3. The molecule has 0 spiro atoms. The van der Waals surface area contributed by atoms with Crippen molar-refractivity contribution in [2.45, 2.75) is 12.1 Å². The molecule has 2 N–H and O–H groups in total. The van der Waals surface area contributed by atoms with E-state index in [4.69, 9.17) is 4.74 Å². The normalized spacial score (nSPS) is 11.0. The molecule has 0 aliphatic carbocycles. The molecule has 2 heterocycles. The molecule has 0 saturated heterocycles. The van der Waals surface area contributed by atoms with Crippen molar-refractivity contribution in [3.8, 4) is 17.1 Å². The van der Waals surface area contributed by atoms with Crippen LogP contribution < -0.4 is 5.32 Å². The Morgan fingerprint density at radius 2 is 1.94 bits per heavy atom. The summed E-state index contributed by atoms with van der Waals surface area (Å²) in [5.74, 6) is -0.109. The number of nitrogens with one attached hydrogen (secondary N) is 1. The van der Waals surface area contributed by atoms with E-state index in [1.54, 1.807) is 24.6 Å². The van der Waals surface area contributed by atoms with Gasteiger partial charge < -0.3 is 19.7 Å². The highest BCUT2D eigenvalue weighted by atomic mass is 32.2. The Bertz CT molecular complexity index is 1330. The van der Waals surface area contributed by atoms with Crippen molar-refractivity contribution < 1.29 is 19.4 Å². The molecule has 164 valence electrons. The standard InChI is InChI=1S/C21H19N5O4S2/c1-11-17(19(29)30-3)32-20(22-11)23-16(28)10-31-21-25-24-18(26(21)2)14-8-12-6-4-5-7-13(12)9-15(14)27/h4-9,27H,10H2,1-3H3,(H,22,23,28). The number of ether oxygens (including phenoxy) is 1. The van der Waals surface area contributed by atoms with E-state index in [0.717, 1.165) is 22.1 Å². The number of nitrogens with zero attached hydrogens (tertiary/aromatic N) is 4. The summed E-state index contributed by atoms with van der Waals surface area (Å²) in [4.78, 5) is 28.6. The molecule has 1 amide bonds. The van der Waals surface area contributed by atoms with E-state index < -0.39 is 5.97 Å². The monoisotopic (exact) mass is 469 g/mol. The molecule has 32 heavy (non-hydrogen) atoms. The van der Waals surface area contributed by atoms with Crippen LogP contribution in [0.4, 0.5) is 5.13 Å². The van der Waals surface area contributed by atoms with Gasteiger partial charge in [-0.05, 0) is 29.8 Å². The van der Waals surface area contributed by atoms with Gasteiger partial charge in [0.1, 0.15) is 10.6 Å². The van der Waals surface area contributed by atoms with Gasteiger partial charge in [0.05, 0.1) is 24.1 Å². The molecule has 4 rings (SSSR count). The first-order chi connectivity index (χ1) is 15.4. The largest absolute Gasteiger partial charge is 0.507 e. The maximum absolute atomic E-state index is 12.4. The van der Waals surface area contributed by atoms with Crippen LogP contribution in [0, 0.1) is 6.92 Å². The number of esters is 1. The molecule has 9 nitrogen and oxygen atoms in total. The second-order valence-corrected chi connectivity index (χ2v) is 8.79. The number of benzene rings is 2. The number of anilines is 1. The van der Waals surface area contributed by atoms with Crippen molar-refractivity contribution >= 4 is 50.9 Å². The maximum atomic E-state index is 12.4. The SMILES string of the molecule is COC(=O)c1sc(NC(=O)CSc2nnc(-c3cc4ccccc4cc3O)n2C)nc1C. The number of phenols is 1. The third kappa shape index (κ3) is 4.30. The Morgan fingerprint density at radius 1 is 1.22 bits per heavy atom. The summed E-state index contributed by atoms with van der Waals surface area (Å²) in [6, 6.07) is 11.3. The lowest BCUT2D eigenvalue weighted by molar-refractivity contribution is -0.113. The number of carbonyl (C=O) groups excluding carboxylic acids is 2. The summed E-state index contributed by atoms with van der Waals surface area (Å²) in [6.45, 7) is 1.68. The Labute approximate surface area is 191 Å². The van der Waals surface area contributed by atoms with Crippen LogP contribution in [0.2, 0.25) is 0 Å². The fourth-order valence-corrected chi connectivity index (χ4v) is 4.71. The third-order valence-electron chi connectivity index (χ3n) is 4.69. The van der Waals surface area contributed by atoms with Gasteiger partial charge in [-0.3, -0.25) is 4.79 Å². The minimum absolute atomic E-state index is 0.0713. The van der Waals surface area contributed by atoms with E-state index >= 15 is 0 Å². The number of thioether (sulfide) groups is 1. The Balaban J connectivity index is 1.46. The molecule has 2 aromatic heterocycles. The Hall–Kier alpha value is -3.44. The lowest BCUT2D eigenvalue weighted by Crippen LogP contribution is -2.14. The summed E-state index contributed by atoms with van der Waals surface area (Å²) >= 11 is 2.26. The number of amides is 1. The minimum Gasteiger partial charge on any atom is -0.507 e. The molecule has 0 saturated carbocycles. The van der Waals surface area contributed by atoms with Gasteiger partial charge in [-0.25, -0.2) is 9.78 Å². The van der Waals surface area contributed by atoms with Crippen LogP contribution in [0.5, 0.6) is 5.75 Å². The van der Waals surface area contributed by atoms with E-state index in [9.17, 15) is 14.7 Å². The number of hydrogen-bond acceptors (Lipinski definition) is 9. The van der Waals surface area contributed by atoms with E-state index in [1.807, 2.05) is 30.3 Å². The van der Waals surface area contributed by atoms with Crippen molar-refractivity contribution in [2.24, 2.45) is 7.05 Å². The van der Waals surface area contributed by atoms with E-state index in [-0.39, 0.29) is 17.4 Å². The van der Waals surface area contributed by atoms with Crippen LogP contribution in [0.3, 0.4) is 0 Å². The number of aromatic nitrogens is 4. The van der Waals surface area contributed by atoms with Crippen LogP contribution in [0.1, 0.15) is 15.4 Å². The number of aryl methyl sites for hydroxylation is 1. The summed E-state index contributed by atoms with van der Waals surface area (Å²) < 4.78 is 6.43. The predicted octanol–water partition coefficient (Wildman–Crippen LogP) is 3.62. The zero-order valence-corrected chi connectivity index (χ0v) is 19.1. The number of hydrogen-bond donors (Lipinski definition) is 2. The Morgan fingerprint density at radius 3 is 2.66 bits per heavy atom. The van der Waals surface area contributed by atoms with Gasteiger partial charge in [0.2, 0.25) is 5.91 Å². The van der Waals surface area contributed by atoms with Gasteiger partial charge in [0, 0.05) is 7.05 Å². The van der Waals surface area contributed by atoms with Gasteiger partial charge in [-0.15, -0.1) is 10.2 Å². The lowest BCUT2D eigenvalue weighted by atomic mass is 10.1. The van der Waals surface area contributed by atoms with Gasteiger partial charge >= 0.3 is 5.97 Å². The highest BCUT2D eigenvalue weighted by molar-refractivity contribution is 7.99. The van der Waals surface area contributed by atoms with Gasteiger partial charge in [-0.1, -0.05) is 47.4 Å².